The van der Waals surface area contributed by atoms with Gasteiger partial charge in [-0.2, -0.15) is 0 Å². The first-order valence-corrected chi connectivity index (χ1v) is 5.98. The van der Waals surface area contributed by atoms with Crippen molar-refractivity contribution in [1.82, 2.24) is 0 Å². The summed E-state index contributed by atoms with van der Waals surface area (Å²) in [7, 11) is 0. The molecule has 0 aromatic heterocycles. The number of amides is 1. The average molecular weight is 259 g/mol. The van der Waals surface area contributed by atoms with Crippen LogP contribution in [-0.4, -0.2) is 11.0 Å². The Hall–Kier alpha value is -2.36. The highest BCUT2D eigenvalue weighted by molar-refractivity contribution is 5.92. The Morgan fingerprint density at radius 1 is 1.11 bits per heavy atom. The Labute approximate surface area is 110 Å². The molecule has 0 unspecified atom stereocenters. The Morgan fingerprint density at radius 2 is 1.79 bits per heavy atom. The van der Waals surface area contributed by atoms with Crippen LogP contribution in [0.25, 0.3) is 0 Å². The van der Waals surface area contributed by atoms with E-state index in [1.54, 1.807) is 36.4 Å². The first kappa shape index (κ1) is 13.1. The number of para-hydroxylation sites is 2. The maximum atomic E-state index is 13.4. The van der Waals surface area contributed by atoms with Gasteiger partial charge in [-0.15, -0.1) is 0 Å². The fourth-order valence-electron chi connectivity index (χ4n) is 1.74. The van der Waals surface area contributed by atoms with E-state index >= 15 is 0 Å². The van der Waals surface area contributed by atoms with E-state index in [4.69, 9.17) is 0 Å². The average Bonchev–Trinajstić information content (AvgIpc) is 2.40. The van der Waals surface area contributed by atoms with Crippen LogP contribution in [-0.2, 0) is 11.2 Å². The number of phenols is 1. The second kappa shape index (κ2) is 6.00. The minimum Gasteiger partial charge on any atom is -0.506 e. The summed E-state index contributed by atoms with van der Waals surface area (Å²) in [5.74, 6) is -0.552. The topological polar surface area (TPSA) is 49.3 Å². The molecule has 0 atom stereocenters. The van der Waals surface area contributed by atoms with Gasteiger partial charge in [-0.25, -0.2) is 4.39 Å². The molecule has 4 heteroatoms. The standard InChI is InChI=1S/C15H14FNO2/c16-12-6-2-1-5-11(12)9-10-15(19)17-13-7-3-4-8-14(13)18/h1-8,18H,9-10H2,(H,17,19). The molecule has 2 N–H and O–H groups in total. The van der Waals surface area contributed by atoms with Crippen LogP contribution < -0.4 is 5.32 Å². The van der Waals surface area contributed by atoms with Gasteiger partial charge in [0.15, 0.2) is 0 Å². The van der Waals surface area contributed by atoms with Gasteiger partial charge in [0.05, 0.1) is 5.69 Å². The lowest BCUT2D eigenvalue weighted by molar-refractivity contribution is -0.116. The second-order valence-electron chi connectivity index (χ2n) is 4.16. The predicted octanol–water partition coefficient (Wildman–Crippen LogP) is 3.10. The number of aryl methyl sites for hydroxylation is 1. The van der Waals surface area contributed by atoms with E-state index in [9.17, 15) is 14.3 Å². The smallest absolute Gasteiger partial charge is 0.224 e. The molecule has 2 aromatic carbocycles. The summed E-state index contributed by atoms with van der Waals surface area (Å²) >= 11 is 0. The number of nitrogens with one attached hydrogen (secondary N) is 1. The lowest BCUT2D eigenvalue weighted by Gasteiger charge is -2.07. The number of carbonyl (C=O) groups is 1. The number of rotatable bonds is 4. The zero-order chi connectivity index (χ0) is 13.7. The van der Waals surface area contributed by atoms with E-state index in [1.807, 2.05) is 0 Å². The number of carbonyl (C=O) groups excluding carboxylic acids is 1. The number of hydrogen-bond donors (Lipinski definition) is 2. The van der Waals surface area contributed by atoms with E-state index < -0.39 is 0 Å². The van der Waals surface area contributed by atoms with Crippen molar-refractivity contribution in [2.75, 3.05) is 5.32 Å². The zero-order valence-electron chi connectivity index (χ0n) is 10.3. The van der Waals surface area contributed by atoms with Crippen LogP contribution in [0.15, 0.2) is 48.5 Å². The molecule has 19 heavy (non-hydrogen) atoms. The third-order valence-electron chi connectivity index (χ3n) is 2.76. The summed E-state index contributed by atoms with van der Waals surface area (Å²) in [5.41, 5.74) is 0.871. The number of benzene rings is 2. The molecule has 0 aliphatic rings. The van der Waals surface area contributed by atoms with Gasteiger partial charge in [0.25, 0.3) is 0 Å². The quantitative estimate of drug-likeness (QED) is 0.829. The van der Waals surface area contributed by atoms with Gasteiger partial charge in [-0.3, -0.25) is 4.79 Å². The van der Waals surface area contributed by atoms with E-state index in [2.05, 4.69) is 5.32 Å². The van der Waals surface area contributed by atoms with Crippen LogP contribution in [0.4, 0.5) is 10.1 Å². The van der Waals surface area contributed by atoms with E-state index in [-0.39, 0.29) is 23.9 Å². The van der Waals surface area contributed by atoms with Crippen molar-refractivity contribution < 1.29 is 14.3 Å². The first-order chi connectivity index (χ1) is 9.16. The number of halogens is 1. The largest absolute Gasteiger partial charge is 0.506 e. The lowest BCUT2D eigenvalue weighted by Crippen LogP contribution is -2.12. The van der Waals surface area contributed by atoms with Gasteiger partial charge >= 0.3 is 0 Å². The minimum atomic E-state index is -0.308. The van der Waals surface area contributed by atoms with Gasteiger partial charge in [0.1, 0.15) is 11.6 Å². The summed E-state index contributed by atoms with van der Waals surface area (Å²) in [6.45, 7) is 0. The minimum absolute atomic E-state index is 0.0155. The maximum absolute atomic E-state index is 13.4. The molecule has 2 aromatic rings. The van der Waals surface area contributed by atoms with Crippen LogP contribution >= 0.6 is 0 Å². The van der Waals surface area contributed by atoms with Crippen molar-refractivity contribution in [3.05, 3.63) is 59.9 Å². The summed E-state index contributed by atoms with van der Waals surface area (Å²) in [4.78, 5) is 11.7. The van der Waals surface area contributed by atoms with Crippen molar-refractivity contribution in [1.29, 1.82) is 0 Å². The fraction of sp³-hybridized carbons (Fsp3) is 0.133. The summed E-state index contributed by atoms with van der Waals surface area (Å²) < 4.78 is 13.4. The molecular weight excluding hydrogens is 245 g/mol. The zero-order valence-corrected chi connectivity index (χ0v) is 10.3. The maximum Gasteiger partial charge on any atom is 0.224 e. The third-order valence-corrected chi connectivity index (χ3v) is 2.76. The molecule has 2 rings (SSSR count). The SMILES string of the molecule is O=C(CCc1ccccc1F)Nc1ccccc1O. The van der Waals surface area contributed by atoms with E-state index in [1.165, 1.54) is 12.1 Å². The molecule has 0 heterocycles. The molecule has 0 bridgehead atoms. The van der Waals surface area contributed by atoms with Crippen LogP contribution in [0.5, 0.6) is 5.75 Å². The second-order valence-corrected chi connectivity index (χ2v) is 4.16. The van der Waals surface area contributed by atoms with Crippen LogP contribution in [0.1, 0.15) is 12.0 Å². The van der Waals surface area contributed by atoms with Gasteiger partial charge in [0, 0.05) is 6.42 Å². The molecule has 0 saturated carbocycles. The summed E-state index contributed by atoms with van der Waals surface area (Å²) in [5, 5.41) is 12.1. The molecule has 1 amide bonds. The summed E-state index contributed by atoms with van der Waals surface area (Å²) in [6, 6.07) is 12.9. The van der Waals surface area contributed by atoms with Crippen molar-refractivity contribution in [2.24, 2.45) is 0 Å². The van der Waals surface area contributed by atoms with Crippen LogP contribution in [0, 0.1) is 5.82 Å². The van der Waals surface area contributed by atoms with Gasteiger partial charge in [0.2, 0.25) is 5.91 Å². The van der Waals surface area contributed by atoms with Gasteiger partial charge in [-0.1, -0.05) is 30.3 Å². The molecular formula is C15H14FNO2. The van der Waals surface area contributed by atoms with Crippen molar-refractivity contribution in [2.45, 2.75) is 12.8 Å². The number of phenolic OH excluding ortho intramolecular Hbond substituents is 1. The summed E-state index contributed by atoms with van der Waals surface area (Å²) in [6.07, 6.45) is 0.487. The Morgan fingerprint density at radius 3 is 2.53 bits per heavy atom. The highest BCUT2D eigenvalue weighted by Gasteiger charge is 2.07. The number of aromatic hydroxyl groups is 1. The van der Waals surface area contributed by atoms with Crippen molar-refractivity contribution in [3.8, 4) is 5.75 Å². The van der Waals surface area contributed by atoms with Gasteiger partial charge in [-0.05, 0) is 30.2 Å². The Kier molecular flexibility index (Phi) is 4.13. The predicted molar refractivity (Wildman–Crippen MR) is 71.5 cm³/mol. The van der Waals surface area contributed by atoms with Crippen molar-refractivity contribution >= 4 is 11.6 Å². The monoisotopic (exact) mass is 259 g/mol. The van der Waals surface area contributed by atoms with Crippen molar-refractivity contribution in [3.63, 3.8) is 0 Å². The van der Waals surface area contributed by atoms with E-state index in [0.717, 1.165) is 0 Å². The molecule has 0 saturated heterocycles. The molecule has 0 aliphatic carbocycles. The van der Waals surface area contributed by atoms with Crippen LogP contribution in [0.2, 0.25) is 0 Å². The first-order valence-electron chi connectivity index (χ1n) is 5.98. The Bertz CT molecular complexity index is 584. The highest BCUT2D eigenvalue weighted by Crippen LogP contribution is 2.21. The van der Waals surface area contributed by atoms with E-state index in [0.29, 0.717) is 17.7 Å². The Balaban J connectivity index is 1.92. The molecule has 0 spiro atoms. The molecule has 3 nitrogen and oxygen atoms in total. The van der Waals surface area contributed by atoms with Gasteiger partial charge < -0.3 is 10.4 Å². The number of anilines is 1. The number of hydrogen-bond acceptors (Lipinski definition) is 2. The highest BCUT2D eigenvalue weighted by atomic mass is 19.1. The molecule has 98 valence electrons. The molecule has 0 aliphatic heterocycles. The molecule has 0 radical (unpaired) electrons. The van der Waals surface area contributed by atoms with Crippen LogP contribution in [0.3, 0.4) is 0 Å². The lowest BCUT2D eigenvalue weighted by atomic mass is 10.1. The fourth-order valence-corrected chi connectivity index (χ4v) is 1.74. The molecule has 0 fully saturated rings. The third kappa shape index (κ3) is 3.55. The normalized spacial score (nSPS) is 10.2.